The van der Waals surface area contributed by atoms with E-state index in [0.717, 1.165) is 17.5 Å². The van der Waals surface area contributed by atoms with Gasteiger partial charge in [-0.15, -0.1) is 0 Å². The fourth-order valence-electron chi connectivity index (χ4n) is 1.72. The molecule has 94 valence electrons. The summed E-state index contributed by atoms with van der Waals surface area (Å²) >= 11 is 0. The molecule has 2 N–H and O–H groups in total. The number of aromatic nitrogens is 1. The first-order valence-electron chi connectivity index (χ1n) is 6.11. The van der Waals surface area contributed by atoms with Crippen LogP contribution in [0.3, 0.4) is 0 Å². The highest BCUT2D eigenvalue weighted by Crippen LogP contribution is 2.11. The second-order valence-corrected chi connectivity index (χ2v) is 4.46. The zero-order valence-corrected chi connectivity index (χ0v) is 10.5. The van der Waals surface area contributed by atoms with Crippen LogP contribution in [0.5, 0.6) is 5.88 Å². The minimum atomic E-state index is 0.155. The van der Waals surface area contributed by atoms with Gasteiger partial charge in [0.15, 0.2) is 0 Å². The van der Waals surface area contributed by atoms with Crippen LogP contribution in [-0.2, 0) is 13.0 Å². The van der Waals surface area contributed by atoms with Crippen molar-refractivity contribution in [2.45, 2.75) is 26.0 Å². The molecule has 0 fully saturated rings. The Kier molecular flexibility index (Phi) is 4.31. The van der Waals surface area contributed by atoms with E-state index in [9.17, 15) is 0 Å². The molecule has 0 spiro atoms. The number of nitrogens with two attached hydrogens (primary N) is 1. The third kappa shape index (κ3) is 3.86. The molecule has 3 heteroatoms. The van der Waals surface area contributed by atoms with Gasteiger partial charge in [0.1, 0.15) is 6.61 Å². The molecule has 0 aliphatic rings. The Morgan fingerprint density at radius 2 is 1.89 bits per heavy atom. The van der Waals surface area contributed by atoms with Crippen molar-refractivity contribution in [1.82, 2.24) is 4.98 Å². The fraction of sp³-hybridized carbons (Fsp3) is 0.267. The molecule has 1 aromatic carbocycles. The molecule has 2 aromatic rings. The molecular formula is C15H18N2O. The van der Waals surface area contributed by atoms with Crippen molar-refractivity contribution in [2.24, 2.45) is 5.73 Å². The summed E-state index contributed by atoms with van der Waals surface area (Å²) in [5, 5.41) is 0. The Balaban J connectivity index is 1.90. The van der Waals surface area contributed by atoms with Crippen molar-refractivity contribution in [2.75, 3.05) is 0 Å². The number of hydrogen-bond donors (Lipinski definition) is 1. The summed E-state index contributed by atoms with van der Waals surface area (Å²) < 4.78 is 5.61. The lowest BCUT2D eigenvalue weighted by atomic mass is 10.1. The highest BCUT2D eigenvalue weighted by Gasteiger charge is 2.00. The van der Waals surface area contributed by atoms with Crippen LogP contribution in [0.4, 0.5) is 0 Å². The van der Waals surface area contributed by atoms with Crippen molar-refractivity contribution >= 4 is 0 Å². The van der Waals surface area contributed by atoms with E-state index in [1.165, 1.54) is 0 Å². The third-order valence-electron chi connectivity index (χ3n) is 2.58. The van der Waals surface area contributed by atoms with Crippen LogP contribution < -0.4 is 10.5 Å². The van der Waals surface area contributed by atoms with Gasteiger partial charge < -0.3 is 10.5 Å². The minimum absolute atomic E-state index is 0.155. The van der Waals surface area contributed by atoms with Crippen molar-refractivity contribution in [3.05, 3.63) is 59.8 Å². The molecule has 1 unspecified atom stereocenters. The molecule has 1 heterocycles. The van der Waals surface area contributed by atoms with Gasteiger partial charge in [0, 0.05) is 18.3 Å². The molecule has 0 aliphatic carbocycles. The number of benzene rings is 1. The fourth-order valence-corrected chi connectivity index (χ4v) is 1.72. The molecule has 0 radical (unpaired) electrons. The van der Waals surface area contributed by atoms with Crippen molar-refractivity contribution in [3.63, 3.8) is 0 Å². The van der Waals surface area contributed by atoms with Gasteiger partial charge >= 0.3 is 0 Å². The zero-order chi connectivity index (χ0) is 12.8. The number of hydrogen-bond acceptors (Lipinski definition) is 3. The highest BCUT2D eigenvalue weighted by atomic mass is 16.5. The predicted molar refractivity (Wildman–Crippen MR) is 72.4 cm³/mol. The Labute approximate surface area is 108 Å². The van der Waals surface area contributed by atoms with Gasteiger partial charge in [-0.3, -0.25) is 0 Å². The molecular weight excluding hydrogens is 224 g/mol. The lowest BCUT2D eigenvalue weighted by molar-refractivity contribution is 0.293. The van der Waals surface area contributed by atoms with Crippen LogP contribution in [0.25, 0.3) is 0 Å². The van der Waals surface area contributed by atoms with E-state index in [-0.39, 0.29) is 6.04 Å². The normalized spacial score (nSPS) is 12.1. The SMILES string of the molecule is CC(N)Cc1ccc(OCc2ccccc2)nc1. The predicted octanol–water partition coefficient (Wildman–Crippen LogP) is 2.55. The summed E-state index contributed by atoms with van der Waals surface area (Å²) in [6.07, 6.45) is 2.66. The lowest BCUT2D eigenvalue weighted by Crippen LogP contribution is -2.17. The van der Waals surface area contributed by atoms with Gasteiger partial charge in [-0.1, -0.05) is 36.4 Å². The van der Waals surface area contributed by atoms with Crippen LogP contribution >= 0.6 is 0 Å². The summed E-state index contributed by atoms with van der Waals surface area (Å²) in [7, 11) is 0. The van der Waals surface area contributed by atoms with Crippen LogP contribution in [0.1, 0.15) is 18.1 Å². The quantitative estimate of drug-likeness (QED) is 0.876. The van der Waals surface area contributed by atoms with Crippen LogP contribution in [0.2, 0.25) is 0 Å². The molecule has 0 saturated heterocycles. The lowest BCUT2D eigenvalue weighted by Gasteiger charge is -2.07. The summed E-state index contributed by atoms with van der Waals surface area (Å²) in [5.41, 5.74) is 8.01. The number of pyridine rings is 1. The van der Waals surface area contributed by atoms with Gasteiger partial charge in [-0.25, -0.2) is 4.98 Å². The highest BCUT2D eigenvalue weighted by molar-refractivity contribution is 5.20. The largest absolute Gasteiger partial charge is 0.473 e. The first-order chi connectivity index (χ1) is 8.74. The minimum Gasteiger partial charge on any atom is -0.473 e. The van der Waals surface area contributed by atoms with Gasteiger partial charge in [-0.05, 0) is 24.5 Å². The molecule has 0 amide bonds. The van der Waals surface area contributed by atoms with E-state index in [2.05, 4.69) is 4.98 Å². The third-order valence-corrected chi connectivity index (χ3v) is 2.58. The summed E-state index contributed by atoms with van der Waals surface area (Å²) in [5.74, 6) is 0.646. The maximum Gasteiger partial charge on any atom is 0.213 e. The topological polar surface area (TPSA) is 48.1 Å². The smallest absolute Gasteiger partial charge is 0.213 e. The Bertz CT molecular complexity index is 466. The van der Waals surface area contributed by atoms with E-state index < -0.39 is 0 Å². The van der Waals surface area contributed by atoms with E-state index in [1.807, 2.05) is 55.6 Å². The Morgan fingerprint density at radius 1 is 1.11 bits per heavy atom. The Morgan fingerprint density at radius 3 is 2.50 bits per heavy atom. The number of ether oxygens (including phenoxy) is 1. The maximum atomic E-state index is 5.74. The van der Waals surface area contributed by atoms with Crippen molar-refractivity contribution in [3.8, 4) is 5.88 Å². The molecule has 2 rings (SSSR count). The van der Waals surface area contributed by atoms with Crippen molar-refractivity contribution < 1.29 is 4.74 Å². The molecule has 18 heavy (non-hydrogen) atoms. The molecule has 0 aliphatic heterocycles. The molecule has 1 atom stereocenters. The molecule has 1 aromatic heterocycles. The molecule has 0 saturated carbocycles. The average Bonchev–Trinajstić information content (AvgIpc) is 2.38. The van der Waals surface area contributed by atoms with Crippen LogP contribution in [0.15, 0.2) is 48.7 Å². The maximum absolute atomic E-state index is 5.74. The van der Waals surface area contributed by atoms with Crippen LogP contribution in [0, 0.1) is 0 Å². The number of nitrogens with zero attached hydrogens (tertiary/aromatic N) is 1. The van der Waals surface area contributed by atoms with E-state index >= 15 is 0 Å². The number of rotatable bonds is 5. The van der Waals surface area contributed by atoms with Crippen LogP contribution in [-0.4, -0.2) is 11.0 Å². The monoisotopic (exact) mass is 242 g/mol. The molecule has 3 nitrogen and oxygen atoms in total. The van der Waals surface area contributed by atoms with Gasteiger partial charge in [0.25, 0.3) is 0 Å². The molecule has 0 bridgehead atoms. The van der Waals surface area contributed by atoms with Gasteiger partial charge in [-0.2, -0.15) is 0 Å². The van der Waals surface area contributed by atoms with Crippen molar-refractivity contribution in [1.29, 1.82) is 0 Å². The zero-order valence-electron chi connectivity index (χ0n) is 10.5. The summed E-state index contributed by atoms with van der Waals surface area (Å²) in [6, 6.07) is 14.1. The second-order valence-electron chi connectivity index (χ2n) is 4.46. The van der Waals surface area contributed by atoms with E-state index in [4.69, 9.17) is 10.5 Å². The van der Waals surface area contributed by atoms with E-state index in [1.54, 1.807) is 0 Å². The van der Waals surface area contributed by atoms with E-state index in [0.29, 0.717) is 12.5 Å². The average molecular weight is 242 g/mol. The van der Waals surface area contributed by atoms with Gasteiger partial charge in [0.2, 0.25) is 5.88 Å². The first-order valence-corrected chi connectivity index (χ1v) is 6.11. The summed E-state index contributed by atoms with van der Waals surface area (Å²) in [6.45, 7) is 2.53. The summed E-state index contributed by atoms with van der Waals surface area (Å²) in [4.78, 5) is 4.27. The standard InChI is InChI=1S/C15H18N2O/c1-12(16)9-14-7-8-15(17-10-14)18-11-13-5-3-2-4-6-13/h2-8,10,12H,9,11,16H2,1H3. The second kappa shape index (κ2) is 6.17. The Hall–Kier alpha value is -1.87. The van der Waals surface area contributed by atoms with Gasteiger partial charge in [0.05, 0.1) is 0 Å². The first kappa shape index (κ1) is 12.6.